The lowest BCUT2D eigenvalue weighted by atomic mass is 10.2. The minimum absolute atomic E-state index is 0.0442. The molecule has 0 aliphatic carbocycles. The van der Waals surface area contributed by atoms with Crippen LogP contribution >= 0.6 is 11.3 Å². The molecule has 0 atom stereocenters. The summed E-state index contributed by atoms with van der Waals surface area (Å²) >= 11 is 1.33. The predicted octanol–water partition coefficient (Wildman–Crippen LogP) is 3.38. The van der Waals surface area contributed by atoms with E-state index in [1.54, 1.807) is 29.2 Å². The van der Waals surface area contributed by atoms with Crippen molar-refractivity contribution in [2.75, 3.05) is 50.2 Å². The van der Waals surface area contributed by atoms with E-state index < -0.39 is 0 Å². The molecule has 0 bridgehead atoms. The molecule has 3 amide bonds. The van der Waals surface area contributed by atoms with Crippen LogP contribution in [0.15, 0.2) is 29.6 Å². The Hall–Kier alpha value is -3.11. The minimum Gasteiger partial charge on any atom is -0.492 e. The summed E-state index contributed by atoms with van der Waals surface area (Å²) in [6.07, 6.45) is 0.158. The Bertz CT molecular complexity index is 957. The highest BCUT2D eigenvalue weighted by molar-refractivity contribution is 7.12. The van der Waals surface area contributed by atoms with Crippen molar-refractivity contribution in [1.82, 2.24) is 4.90 Å². The first-order chi connectivity index (χ1) is 16.0. The van der Waals surface area contributed by atoms with E-state index in [0.717, 1.165) is 0 Å². The zero-order chi connectivity index (χ0) is 23.6. The van der Waals surface area contributed by atoms with Crippen LogP contribution in [0.4, 0.5) is 11.4 Å². The normalized spacial score (nSPS) is 13.3. The van der Waals surface area contributed by atoms with Crippen molar-refractivity contribution in [3.05, 3.63) is 34.5 Å². The number of carbonyl (C=O) groups is 3. The van der Waals surface area contributed by atoms with Crippen molar-refractivity contribution in [2.24, 2.45) is 0 Å². The molecule has 0 saturated carbocycles. The Labute approximate surface area is 197 Å². The summed E-state index contributed by atoms with van der Waals surface area (Å²) in [7, 11) is 0. The number of nitrogens with zero attached hydrogens (tertiary/aromatic N) is 1. The van der Waals surface area contributed by atoms with E-state index in [1.807, 2.05) is 19.2 Å². The number of amides is 3. The van der Waals surface area contributed by atoms with Gasteiger partial charge in [0.05, 0.1) is 42.7 Å². The molecule has 3 rings (SSSR count). The van der Waals surface area contributed by atoms with Crippen molar-refractivity contribution in [2.45, 2.75) is 26.7 Å². The van der Waals surface area contributed by atoms with Gasteiger partial charge < -0.3 is 29.7 Å². The number of thiophene rings is 1. The Morgan fingerprint density at radius 2 is 1.64 bits per heavy atom. The zero-order valence-electron chi connectivity index (χ0n) is 18.8. The summed E-state index contributed by atoms with van der Waals surface area (Å²) in [6.45, 7) is 6.53. The molecule has 1 aromatic carbocycles. The second-order valence-corrected chi connectivity index (χ2v) is 8.13. The maximum absolute atomic E-state index is 12.6. The molecule has 178 valence electrons. The molecule has 1 aliphatic heterocycles. The molecular weight excluding hydrogens is 446 g/mol. The van der Waals surface area contributed by atoms with Gasteiger partial charge in [-0.25, -0.2) is 0 Å². The average molecular weight is 476 g/mol. The highest BCUT2D eigenvalue weighted by Crippen LogP contribution is 2.37. The highest BCUT2D eigenvalue weighted by atomic mass is 32.1. The standard InChI is InChI=1S/C23H29N3O6S/c1-3-31-18-15-17(25-23(29)20-6-5-13-33-20)19(32-4-2)14-16(18)24-21(27)7-8-22(28)26-9-11-30-12-10-26/h5-6,13-15H,3-4,7-12H2,1-2H3,(H,24,27)(H,25,29). The largest absolute Gasteiger partial charge is 0.492 e. The van der Waals surface area contributed by atoms with Crippen LogP contribution < -0.4 is 20.1 Å². The van der Waals surface area contributed by atoms with Crippen molar-refractivity contribution >= 4 is 40.4 Å². The highest BCUT2D eigenvalue weighted by Gasteiger charge is 2.20. The molecule has 9 nitrogen and oxygen atoms in total. The molecule has 1 saturated heterocycles. The molecule has 1 aromatic heterocycles. The van der Waals surface area contributed by atoms with Crippen molar-refractivity contribution < 1.29 is 28.6 Å². The second-order valence-electron chi connectivity index (χ2n) is 7.18. The fraction of sp³-hybridized carbons (Fsp3) is 0.435. The smallest absolute Gasteiger partial charge is 0.265 e. The fourth-order valence-corrected chi connectivity index (χ4v) is 3.92. The zero-order valence-corrected chi connectivity index (χ0v) is 19.7. The van der Waals surface area contributed by atoms with Crippen LogP contribution in [0.2, 0.25) is 0 Å². The van der Waals surface area contributed by atoms with Crippen molar-refractivity contribution in [1.29, 1.82) is 0 Å². The van der Waals surface area contributed by atoms with E-state index in [-0.39, 0.29) is 30.6 Å². The maximum Gasteiger partial charge on any atom is 0.265 e. The minimum atomic E-state index is -0.310. The Morgan fingerprint density at radius 3 is 2.21 bits per heavy atom. The van der Waals surface area contributed by atoms with Gasteiger partial charge in [0, 0.05) is 38.1 Å². The van der Waals surface area contributed by atoms with Crippen LogP contribution in [-0.4, -0.2) is 62.1 Å². The Kier molecular flexibility index (Phi) is 9.08. The molecule has 1 fully saturated rings. The van der Waals surface area contributed by atoms with Crippen LogP contribution in [0.25, 0.3) is 0 Å². The van der Waals surface area contributed by atoms with Gasteiger partial charge in [0.1, 0.15) is 11.5 Å². The monoisotopic (exact) mass is 475 g/mol. The quantitative estimate of drug-likeness (QED) is 0.546. The molecule has 10 heteroatoms. The molecule has 2 aromatic rings. The molecule has 33 heavy (non-hydrogen) atoms. The number of rotatable bonds is 10. The first-order valence-electron chi connectivity index (χ1n) is 11.0. The fourth-order valence-electron chi connectivity index (χ4n) is 3.30. The van der Waals surface area contributed by atoms with Gasteiger partial charge in [-0.2, -0.15) is 0 Å². The van der Waals surface area contributed by atoms with Crippen LogP contribution in [0, 0.1) is 0 Å². The average Bonchev–Trinajstić information content (AvgIpc) is 3.36. The molecule has 0 spiro atoms. The summed E-state index contributed by atoms with van der Waals surface area (Å²) < 4.78 is 16.6. The van der Waals surface area contributed by atoms with Crippen LogP contribution in [0.3, 0.4) is 0 Å². The predicted molar refractivity (Wildman–Crippen MR) is 126 cm³/mol. The van der Waals surface area contributed by atoms with Crippen molar-refractivity contribution in [3.63, 3.8) is 0 Å². The molecular formula is C23H29N3O6S. The third-order valence-electron chi connectivity index (χ3n) is 4.88. The number of anilines is 2. The number of nitrogens with one attached hydrogen (secondary N) is 2. The topological polar surface area (TPSA) is 106 Å². The Balaban J connectivity index is 1.71. The van der Waals surface area contributed by atoms with E-state index in [9.17, 15) is 14.4 Å². The van der Waals surface area contributed by atoms with Crippen molar-refractivity contribution in [3.8, 4) is 11.5 Å². The summed E-state index contributed by atoms with van der Waals surface area (Å²) in [4.78, 5) is 39.7. The summed E-state index contributed by atoms with van der Waals surface area (Å²) in [6, 6.07) is 6.79. The molecule has 2 N–H and O–H groups in total. The molecule has 1 aliphatic rings. The number of benzene rings is 1. The van der Waals surface area contributed by atoms with E-state index in [2.05, 4.69) is 10.6 Å². The van der Waals surface area contributed by atoms with Gasteiger partial charge in [-0.1, -0.05) is 6.07 Å². The maximum atomic E-state index is 12.6. The van der Waals surface area contributed by atoms with Gasteiger partial charge in [0.25, 0.3) is 5.91 Å². The van der Waals surface area contributed by atoms with Crippen LogP contribution in [0.1, 0.15) is 36.4 Å². The first kappa shape index (κ1) is 24.5. The SMILES string of the molecule is CCOc1cc(NC(=O)c2cccs2)c(OCC)cc1NC(=O)CCC(=O)N1CCOCC1. The number of hydrogen-bond acceptors (Lipinski definition) is 7. The van der Waals surface area contributed by atoms with Gasteiger partial charge in [0.2, 0.25) is 11.8 Å². The molecule has 0 radical (unpaired) electrons. The number of carbonyl (C=O) groups excluding carboxylic acids is 3. The number of hydrogen-bond donors (Lipinski definition) is 2. The lowest BCUT2D eigenvalue weighted by Crippen LogP contribution is -2.40. The van der Waals surface area contributed by atoms with Gasteiger partial charge in [-0.3, -0.25) is 14.4 Å². The lowest BCUT2D eigenvalue weighted by molar-refractivity contribution is -0.136. The van der Waals surface area contributed by atoms with Gasteiger partial charge in [-0.05, 0) is 25.3 Å². The molecule has 2 heterocycles. The third-order valence-corrected chi connectivity index (χ3v) is 5.75. The van der Waals surface area contributed by atoms with Gasteiger partial charge >= 0.3 is 0 Å². The Morgan fingerprint density at radius 1 is 1.00 bits per heavy atom. The summed E-state index contributed by atoms with van der Waals surface area (Å²) in [5, 5.41) is 7.48. The van der Waals surface area contributed by atoms with Gasteiger partial charge in [0.15, 0.2) is 0 Å². The van der Waals surface area contributed by atoms with E-state index in [0.29, 0.717) is 67.3 Å². The van der Waals surface area contributed by atoms with Crippen LogP contribution in [0.5, 0.6) is 11.5 Å². The number of morpholine rings is 1. The summed E-state index contributed by atoms with van der Waals surface area (Å²) in [5.74, 6) is 0.170. The van der Waals surface area contributed by atoms with Gasteiger partial charge in [-0.15, -0.1) is 11.3 Å². The first-order valence-corrected chi connectivity index (χ1v) is 11.8. The third kappa shape index (κ3) is 6.93. The summed E-state index contributed by atoms with van der Waals surface area (Å²) in [5.41, 5.74) is 0.859. The number of ether oxygens (including phenoxy) is 3. The molecule has 0 unspecified atom stereocenters. The lowest BCUT2D eigenvalue weighted by Gasteiger charge is -2.26. The van der Waals surface area contributed by atoms with E-state index in [1.165, 1.54) is 11.3 Å². The second kappa shape index (κ2) is 12.2. The van der Waals surface area contributed by atoms with E-state index >= 15 is 0 Å². The van der Waals surface area contributed by atoms with Crippen LogP contribution in [-0.2, 0) is 14.3 Å². The van der Waals surface area contributed by atoms with E-state index in [4.69, 9.17) is 14.2 Å².